The summed E-state index contributed by atoms with van der Waals surface area (Å²) in [6.07, 6.45) is 1.72. The Hall–Kier alpha value is -1.87. The number of nitrogens with zero attached hydrogens (tertiary/aromatic N) is 1. The summed E-state index contributed by atoms with van der Waals surface area (Å²) in [5, 5.41) is 0. The molecule has 0 aliphatic heterocycles. The van der Waals surface area contributed by atoms with E-state index in [1.54, 1.807) is 6.20 Å². The fraction of sp³-hybridized carbons (Fsp3) is 0.214. The van der Waals surface area contributed by atoms with Crippen molar-refractivity contribution in [2.24, 2.45) is 5.73 Å². The van der Waals surface area contributed by atoms with Crippen LogP contribution < -0.4 is 10.5 Å². The second-order valence-electron chi connectivity index (χ2n) is 4.10. The molecule has 0 bridgehead atoms. The molecule has 3 heteroatoms. The fourth-order valence-corrected chi connectivity index (χ4v) is 1.51. The predicted molar refractivity (Wildman–Crippen MR) is 68.1 cm³/mol. The van der Waals surface area contributed by atoms with Gasteiger partial charge in [0.05, 0.1) is 6.20 Å². The van der Waals surface area contributed by atoms with E-state index >= 15 is 0 Å². The van der Waals surface area contributed by atoms with E-state index in [4.69, 9.17) is 10.5 Å². The molecular weight excluding hydrogens is 212 g/mol. The van der Waals surface area contributed by atoms with Crippen LogP contribution in [0, 0.1) is 6.92 Å². The van der Waals surface area contributed by atoms with Crippen molar-refractivity contribution in [3.8, 4) is 11.5 Å². The first-order chi connectivity index (χ1) is 8.15. The molecule has 2 N–H and O–H groups in total. The van der Waals surface area contributed by atoms with Crippen LogP contribution in [-0.4, -0.2) is 4.98 Å². The van der Waals surface area contributed by atoms with E-state index in [1.807, 2.05) is 50.2 Å². The molecule has 0 aliphatic rings. The van der Waals surface area contributed by atoms with Gasteiger partial charge in [0.1, 0.15) is 11.5 Å². The maximum Gasteiger partial charge on any atom is 0.145 e. The van der Waals surface area contributed by atoms with Gasteiger partial charge in [0.2, 0.25) is 0 Å². The fourth-order valence-electron chi connectivity index (χ4n) is 1.51. The largest absolute Gasteiger partial charge is 0.456 e. The number of rotatable bonds is 3. The second-order valence-corrected chi connectivity index (χ2v) is 4.10. The first kappa shape index (κ1) is 11.6. The van der Waals surface area contributed by atoms with Crippen LogP contribution in [0.1, 0.15) is 24.2 Å². The van der Waals surface area contributed by atoms with Crippen molar-refractivity contribution in [3.05, 3.63) is 53.9 Å². The molecule has 0 aliphatic carbocycles. The highest BCUT2D eigenvalue weighted by Crippen LogP contribution is 2.23. The van der Waals surface area contributed by atoms with Crippen LogP contribution in [0.15, 0.2) is 42.6 Å². The standard InChI is InChI=1S/C14H16N2O/c1-10-6-7-14(9-16-10)17-13-5-3-4-12(8-13)11(2)15/h3-9,11H,15H2,1-2H3. The molecule has 1 atom stereocenters. The van der Waals surface area contributed by atoms with Crippen molar-refractivity contribution in [2.45, 2.75) is 19.9 Å². The van der Waals surface area contributed by atoms with Crippen molar-refractivity contribution < 1.29 is 4.74 Å². The molecule has 17 heavy (non-hydrogen) atoms. The number of hydrogen-bond donors (Lipinski definition) is 1. The molecule has 0 saturated heterocycles. The summed E-state index contributed by atoms with van der Waals surface area (Å²) in [6, 6.07) is 11.6. The number of aryl methyl sites for hydroxylation is 1. The summed E-state index contributed by atoms with van der Waals surface area (Å²) in [5.74, 6) is 1.52. The van der Waals surface area contributed by atoms with Crippen LogP contribution in [0.3, 0.4) is 0 Å². The summed E-state index contributed by atoms with van der Waals surface area (Å²) >= 11 is 0. The maximum absolute atomic E-state index is 5.83. The van der Waals surface area contributed by atoms with E-state index in [1.165, 1.54) is 0 Å². The second kappa shape index (κ2) is 4.97. The minimum atomic E-state index is 0.00897. The van der Waals surface area contributed by atoms with Crippen molar-refractivity contribution >= 4 is 0 Å². The van der Waals surface area contributed by atoms with Crippen molar-refractivity contribution in [2.75, 3.05) is 0 Å². The first-order valence-electron chi connectivity index (χ1n) is 5.61. The Morgan fingerprint density at radius 3 is 2.65 bits per heavy atom. The van der Waals surface area contributed by atoms with Crippen molar-refractivity contribution in [1.29, 1.82) is 0 Å². The Morgan fingerprint density at radius 1 is 1.18 bits per heavy atom. The Labute approximate surface area is 101 Å². The van der Waals surface area contributed by atoms with Crippen LogP contribution in [0.5, 0.6) is 11.5 Å². The van der Waals surface area contributed by atoms with Crippen LogP contribution in [0.2, 0.25) is 0 Å². The average Bonchev–Trinajstić information content (AvgIpc) is 2.32. The minimum absolute atomic E-state index is 0.00897. The number of aromatic nitrogens is 1. The molecule has 0 fully saturated rings. The lowest BCUT2D eigenvalue weighted by Crippen LogP contribution is -2.04. The Bertz CT molecular complexity index is 492. The maximum atomic E-state index is 5.83. The number of hydrogen-bond acceptors (Lipinski definition) is 3. The molecule has 0 radical (unpaired) electrons. The van der Waals surface area contributed by atoms with Gasteiger partial charge in [0, 0.05) is 11.7 Å². The monoisotopic (exact) mass is 228 g/mol. The van der Waals surface area contributed by atoms with Gasteiger partial charge in [-0.2, -0.15) is 0 Å². The molecule has 1 unspecified atom stereocenters. The van der Waals surface area contributed by atoms with E-state index in [9.17, 15) is 0 Å². The number of nitrogens with two attached hydrogens (primary N) is 1. The summed E-state index contributed by atoms with van der Waals surface area (Å²) in [5.41, 5.74) is 7.86. The quantitative estimate of drug-likeness (QED) is 0.877. The topological polar surface area (TPSA) is 48.1 Å². The van der Waals surface area contributed by atoms with Gasteiger partial charge >= 0.3 is 0 Å². The smallest absolute Gasteiger partial charge is 0.145 e. The zero-order chi connectivity index (χ0) is 12.3. The Kier molecular flexibility index (Phi) is 3.40. The van der Waals surface area contributed by atoms with Crippen LogP contribution >= 0.6 is 0 Å². The van der Waals surface area contributed by atoms with Gasteiger partial charge in [0.25, 0.3) is 0 Å². The Morgan fingerprint density at radius 2 is 2.00 bits per heavy atom. The molecular formula is C14H16N2O. The first-order valence-corrected chi connectivity index (χ1v) is 5.61. The lowest BCUT2D eigenvalue weighted by Gasteiger charge is -2.09. The van der Waals surface area contributed by atoms with Gasteiger partial charge in [-0.05, 0) is 43.7 Å². The molecule has 2 aromatic rings. The van der Waals surface area contributed by atoms with Gasteiger partial charge in [0.15, 0.2) is 0 Å². The van der Waals surface area contributed by atoms with Crippen LogP contribution in [0.4, 0.5) is 0 Å². The third kappa shape index (κ3) is 3.04. The summed E-state index contributed by atoms with van der Waals surface area (Å²) < 4.78 is 5.71. The van der Waals surface area contributed by atoms with Crippen molar-refractivity contribution in [1.82, 2.24) is 4.98 Å². The normalized spacial score (nSPS) is 12.2. The van der Waals surface area contributed by atoms with E-state index in [0.29, 0.717) is 0 Å². The predicted octanol–water partition coefficient (Wildman–Crippen LogP) is 3.20. The lowest BCUT2D eigenvalue weighted by atomic mass is 10.1. The molecule has 0 saturated carbocycles. The minimum Gasteiger partial charge on any atom is -0.456 e. The molecule has 2 rings (SSSR count). The SMILES string of the molecule is Cc1ccc(Oc2cccc(C(C)N)c2)cn1. The molecule has 88 valence electrons. The molecule has 1 aromatic carbocycles. The van der Waals surface area contributed by atoms with Gasteiger partial charge < -0.3 is 10.5 Å². The average molecular weight is 228 g/mol. The summed E-state index contributed by atoms with van der Waals surface area (Å²) in [6.45, 7) is 3.90. The molecule has 1 aromatic heterocycles. The summed E-state index contributed by atoms with van der Waals surface area (Å²) in [7, 11) is 0. The van der Waals surface area contributed by atoms with Gasteiger partial charge in [-0.1, -0.05) is 12.1 Å². The highest BCUT2D eigenvalue weighted by Gasteiger charge is 2.02. The third-order valence-electron chi connectivity index (χ3n) is 2.50. The van der Waals surface area contributed by atoms with E-state index in [-0.39, 0.29) is 6.04 Å². The zero-order valence-electron chi connectivity index (χ0n) is 10.1. The molecule has 1 heterocycles. The zero-order valence-corrected chi connectivity index (χ0v) is 10.1. The molecule has 3 nitrogen and oxygen atoms in total. The number of ether oxygens (including phenoxy) is 1. The van der Waals surface area contributed by atoms with Crippen LogP contribution in [-0.2, 0) is 0 Å². The number of benzene rings is 1. The third-order valence-corrected chi connectivity index (χ3v) is 2.50. The van der Waals surface area contributed by atoms with Crippen LogP contribution in [0.25, 0.3) is 0 Å². The van der Waals surface area contributed by atoms with Gasteiger partial charge in [-0.25, -0.2) is 0 Å². The van der Waals surface area contributed by atoms with E-state index < -0.39 is 0 Å². The van der Waals surface area contributed by atoms with Gasteiger partial charge in [-0.3, -0.25) is 4.98 Å². The molecule has 0 amide bonds. The lowest BCUT2D eigenvalue weighted by molar-refractivity contribution is 0.478. The summed E-state index contributed by atoms with van der Waals surface area (Å²) in [4.78, 5) is 4.18. The Balaban J connectivity index is 2.18. The van der Waals surface area contributed by atoms with Gasteiger partial charge in [-0.15, -0.1) is 0 Å². The highest BCUT2D eigenvalue weighted by molar-refractivity contribution is 5.34. The number of pyridine rings is 1. The highest BCUT2D eigenvalue weighted by atomic mass is 16.5. The molecule has 0 spiro atoms. The van der Waals surface area contributed by atoms with Crippen molar-refractivity contribution in [3.63, 3.8) is 0 Å². The van der Waals surface area contributed by atoms with E-state index in [0.717, 1.165) is 22.8 Å². The van der Waals surface area contributed by atoms with E-state index in [2.05, 4.69) is 4.98 Å².